The van der Waals surface area contributed by atoms with Crippen molar-refractivity contribution in [1.29, 1.82) is 0 Å². The highest BCUT2D eigenvalue weighted by Gasteiger charge is 2.25. The van der Waals surface area contributed by atoms with Crippen molar-refractivity contribution in [3.8, 4) is 11.5 Å². The van der Waals surface area contributed by atoms with Gasteiger partial charge in [0.1, 0.15) is 24.7 Å². The smallest absolute Gasteiger partial charge is 0.335 e. The van der Waals surface area contributed by atoms with Gasteiger partial charge in [-0.3, -0.25) is 9.13 Å². The Balaban J connectivity index is 0.000000249. The van der Waals surface area contributed by atoms with Gasteiger partial charge in [-0.05, 0) is 110 Å². The molecule has 0 atom stereocenters. The molecule has 0 unspecified atom stereocenters. The molecule has 0 aliphatic carbocycles. The van der Waals surface area contributed by atoms with Crippen LogP contribution in [0.2, 0.25) is 0 Å². The van der Waals surface area contributed by atoms with Crippen LogP contribution in [0.5, 0.6) is 11.5 Å². The van der Waals surface area contributed by atoms with E-state index < -0.39 is 34.3 Å². The maximum absolute atomic E-state index is 12.7. The molecule has 372 valence electrons. The predicted octanol–water partition coefficient (Wildman–Crippen LogP) is 11.6. The highest BCUT2D eigenvalue weighted by molar-refractivity contribution is 8.13. The van der Waals surface area contributed by atoms with Gasteiger partial charge < -0.3 is 33.3 Å². The Kier molecular flexibility index (Phi) is 23.8. The van der Waals surface area contributed by atoms with E-state index in [1.165, 1.54) is 24.3 Å². The van der Waals surface area contributed by atoms with Gasteiger partial charge in [-0.25, -0.2) is 21.6 Å². The molecule has 69 heavy (non-hydrogen) atoms. The molecular weight excluding hydrogens is 982 g/mol. The zero-order valence-electron chi connectivity index (χ0n) is 39.1. The fraction of sp³-hybridized carbons (Fsp3) is 0.280. The number of benzene rings is 6. The van der Waals surface area contributed by atoms with Crippen molar-refractivity contribution in [2.45, 2.75) is 76.1 Å². The summed E-state index contributed by atoms with van der Waals surface area (Å²) >= 11 is 0. The number of ether oxygens (including phenoxy) is 2. The number of nitrogens with one attached hydrogen (secondary N) is 1. The number of rotatable bonds is 24. The zero-order valence-corrected chi connectivity index (χ0v) is 43.3. The van der Waals surface area contributed by atoms with E-state index in [4.69, 9.17) is 44.0 Å². The summed E-state index contributed by atoms with van der Waals surface area (Å²) in [6.45, 7) is 10.0. The molecule has 14 nitrogen and oxygen atoms in total. The van der Waals surface area contributed by atoms with Gasteiger partial charge >= 0.3 is 15.2 Å². The summed E-state index contributed by atoms with van der Waals surface area (Å²) in [4.78, 5) is 0.224. The van der Waals surface area contributed by atoms with Gasteiger partial charge in [0.15, 0.2) is 0 Å². The molecule has 0 aliphatic heterocycles. The van der Waals surface area contributed by atoms with Crippen LogP contribution in [-0.4, -0.2) is 43.3 Å². The summed E-state index contributed by atoms with van der Waals surface area (Å²) in [5.41, 5.74) is 11.2. The second-order valence-electron chi connectivity index (χ2n) is 14.8. The Morgan fingerprint density at radius 3 is 1.16 bits per heavy atom. The minimum atomic E-state index is -3.69. The minimum absolute atomic E-state index is 0.0660. The standard InChI is InChI=1S/C25H30NO6PS.C13H11ClO3S.C12H20NO3P/c1-3-31-33(27,32-4-2)20-23-12-10-21(11-13-23)18-26-34(28,29)25-16-14-24(15-17-25)30-19-22-8-6-5-7-9-22;14-18(15,16)13-8-6-12(7-9-13)17-10-11-4-2-1-3-5-11;1-3-15-17(14,16-4-2)10-12-7-5-11(9-13)6-8-12/h5-17,26H,3-4,18-20H2,1-2H3;1-9H,10H2;5-8H,3-4,9-10,13H2,1-2H3. The summed E-state index contributed by atoms with van der Waals surface area (Å²) in [6, 6.07) is 46.6. The molecule has 6 aromatic carbocycles. The molecule has 0 aliphatic rings. The number of hydrogen-bond donors (Lipinski definition) is 2. The van der Waals surface area contributed by atoms with E-state index >= 15 is 0 Å². The number of sulfonamides is 1. The van der Waals surface area contributed by atoms with Crippen molar-refractivity contribution in [2.75, 3.05) is 26.4 Å². The molecule has 0 saturated carbocycles. The molecule has 0 heterocycles. The first-order valence-corrected chi connectivity index (χ1v) is 29.4. The molecule has 19 heteroatoms. The monoisotopic (exact) mass is 1040 g/mol. The fourth-order valence-electron chi connectivity index (χ4n) is 6.19. The van der Waals surface area contributed by atoms with Crippen LogP contribution in [0.4, 0.5) is 0 Å². The normalized spacial score (nSPS) is 11.7. The Labute approximate surface area is 412 Å². The summed E-state index contributed by atoms with van der Waals surface area (Å²) < 4.78 is 107. The lowest BCUT2D eigenvalue weighted by Gasteiger charge is -2.17. The van der Waals surface area contributed by atoms with E-state index in [0.29, 0.717) is 63.8 Å². The molecule has 0 amide bonds. The molecule has 0 saturated heterocycles. The van der Waals surface area contributed by atoms with Crippen LogP contribution in [0.15, 0.2) is 168 Å². The van der Waals surface area contributed by atoms with Crippen molar-refractivity contribution in [3.05, 3.63) is 191 Å². The molecule has 0 radical (unpaired) electrons. The first kappa shape index (κ1) is 56.9. The van der Waals surface area contributed by atoms with E-state index in [2.05, 4.69) is 4.72 Å². The van der Waals surface area contributed by atoms with Crippen LogP contribution >= 0.6 is 25.9 Å². The van der Waals surface area contributed by atoms with Crippen molar-refractivity contribution in [2.24, 2.45) is 5.73 Å². The van der Waals surface area contributed by atoms with Crippen molar-refractivity contribution in [1.82, 2.24) is 4.72 Å². The van der Waals surface area contributed by atoms with Crippen LogP contribution in [0.25, 0.3) is 0 Å². The SMILES string of the molecule is CCOP(=O)(Cc1ccc(CN)cc1)OCC.CCOP(=O)(Cc1ccc(CNS(=O)(=O)c2ccc(OCc3ccccc3)cc2)cc1)OCC.O=S(=O)(Cl)c1ccc(OCc2ccccc2)cc1. The second-order valence-corrected chi connectivity index (χ2v) is 23.2. The van der Waals surface area contributed by atoms with Crippen LogP contribution in [0.1, 0.15) is 61.1 Å². The van der Waals surface area contributed by atoms with Crippen molar-refractivity contribution in [3.63, 3.8) is 0 Å². The second kappa shape index (κ2) is 28.9. The lowest BCUT2D eigenvalue weighted by molar-refractivity contribution is 0.218. The van der Waals surface area contributed by atoms with Gasteiger partial charge in [-0.15, -0.1) is 0 Å². The number of nitrogens with two attached hydrogens (primary N) is 1. The van der Waals surface area contributed by atoms with E-state index in [1.807, 2.05) is 98.8 Å². The first-order chi connectivity index (χ1) is 33.0. The van der Waals surface area contributed by atoms with Gasteiger partial charge in [0, 0.05) is 23.8 Å². The van der Waals surface area contributed by atoms with E-state index in [9.17, 15) is 26.0 Å². The number of hydrogen-bond acceptors (Lipinski definition) is 13. The highest BCUT2D eigenvalue weighted by atomic mass is 35.7. The minimum Gasteiger partial charge on any atom is -0.489 e. The third-order valence-corrected chi connectivity index (χ3v) is 16.4. The van der Waals surface area contributed by atoms with E-state index in [1.54, 1.807) is 62.4 Å². The molecular formula is C50H61ClN2O12P2S2. The topological polar surface area (TPSA) is 196 Å². The third-order valence-electron chi connectivity index (χ3n) is 9.54. The lowest BCUT2D eigenvalue weighted by Crippen LogP contribution is -2.23. The Hall–Kier alpha value is -4.67. The molecule has 0 spiro atoms. The maximum atomic E-state index is 12.7. The molecule has 3 N–H and O–H groups in total. The highest BCUT2D eigenvalue weighted by Crippen LogP contribution is 2.52. The van der Waals surface area contributed by atoms with E-state index in [0.717, 1.165) is 33.4 Å². The van der Waals surface area contributed by atoms with Crippen LogP contribution in [0.3, 0.4) is 0 Å². The molecule has 0 bridgehead atoms. The Bertz CT molecular complexity index is 2720. The summed E-state index contributed by atoms with van der Waals surface area (Å²) in [6.07, 6.45) is 0.471. The van der Waals surface area contributed by atoms with Gasteiger partial charge in [-0.1, -0.05) is 109 Å². The average molecular weight is 1040 g/mol. The largest absolute Gasteiger partial charge is 0.489 e. The van der Waals surface area contributed by atoms with Crippen LogP contribution in [-0.2, 0) is 84.9 Å². The van der Waals surface area contributed by atoms with Crippen LogP contribution in [0, 0.1) is 0 Å². The van der Waals surface area contributed by atoms with Gasteiger partial charge in [-0.2, -0.15) is 0 Å². The zero-order chi connectivity index (χ0) is 50.2. The lowest BCUT2D eigenvalue weighted by atomic mass is 10.1. The number of halogens is 1. The fourth-order valence-corrected chi connectivity index (χ4v) is 11.4. The van der Waals surface area contributed by atoms with Gasteiger partial charge in [0.25, 0.3) is 9.05 Å². The Morgan fingerprint density at radius 2 is 0.812 bits per heavy atom. The van der Waals surface area contributed by atoms with Crippen LogP contribution < -0.4 is 19.9 Å². The van der Waals surface area contributed by atoms with Gasteiger partial charge in [0.2, 0.25) is 10.0 Å². The maximum Gasteiger partial charge on any atom is 0.335 e. The van der Waals surface area contributed by atoms with Crippen molar-refractivity contribution < 1.29 is 53.5 Å². The summed E-state index contributed by atoms with van der Waals surface area (Å²) in [5, 5.41) is 0. The Morgan fingerprint density at radius 1 is 0.464 bits per heavy atom. The summed E-state index contributed by atoms with van der Waals surface area (Å²) in [7, 11) is -8.32. The van der Waals surface area contributed by atoms with E-state index in [-0.39, 0.29) is 22.5 Å². The van der Waals surface area contributed by atoms with Crippen molar-refractivity contribution >= 4 is 44.9 Å². The average Bonchev–Trinajstić information content (AvgIpc) is 3.34. The first-order valence-electron chi connectivity index (χ1n) is 22.1. The molecule has 6 aromatic rings. The van der Waals surface area contributed by atoms with Gasteiger partial charge in [0.05, 0.1) is 48.5 Å². The summed E-state index contributed by atoms with van der Waals surface area (Å²) in [5.74, 6) is 1.19. The quantitative estimate of drug-likeness (QED) is 0.0429. The molecule has 6 rings (SSSR count). The molecule has 0 fully saturated rings. The third kappa shape index (κ3) is 20.7. The predicted molar refractivity (Wildman–Crippen MR) is 271 cm³/mol. The molecule has 0 aromatic heterocycles.